The minimum absolute atomic E-state index is 0. The van der Waals surface area contributed by atoms with Crippen LogP contribution in [-0.2, 0) is 106 Å². The van der Waals surface area contributed by atoms with Crippen LogP contribution in [0.3, 0.4) is 0 Å². The summed E-state index contributed by atoms with van der Waals surface area (Å²) < 4.78 is 52.0. The topological polar surface area (TPSA) is 116 Å². The first-order valence-electron chi connectivity index (χ1n) is 34.2. The van der Waals surface area contributed by atoms with Crippen molar-refractivity contribution in [3.05, 3.63) is 417 Å². The number of aryl methyl sites for hydroxylation is 2. The van der Waals surface area contributed by atoms with Crippen LogP contribution in [0.5, 0.6) is 5.75 Å². The quantitative estimate of drug-likeness (QED) is 0.0534. The van der Waals surface area contributed by atoms with E-state index in [1.807, 2.05) is 226 Å². The van der Waals surface area contributed by atoms with Crippen LogP contribution < -0.4 is 9.80 Å². The van der Waals surface area contributed by atoms with Crippen LogP contribution in [0.1, 0.15) is 25.0 Å². The number of hydrogen-bond acceptors (Lipinski definition) is 9. The summed E-state index contributed by atoms with van der Waals surface area (Å²) >= 11 is 0. The summed E-state index contributed by atoms with van der Waals surface area (Å²) in [5.41, 5.74) is 18.3. The molecule has 15 aromatic rings. The Morgan fingerprint density at radius 3 is 1.33 bits per heavy atom. The van der Waals surface area contributed by atoms with Crippen LogP contribution in [-0.4, -0.2) is 50.0 Å². The predicted molar refractivity (Wildman–Crippen MR) is 427 cm³/mol. The molecule has 0 fully saturated rings. The summed E-state index contributed by atoms with van der Waals surface area (Å²) in [6, 6.07) is 115. The van der Waals surface area contributed by atoms with Crippen molar-refractivity contribution in [3.63, 3.8) is 0 Å². The number of aliphatic hydroxyl groups is 1. The summed E-state index contributed by atoms with van der Waals surface area (Å²) in [6.07, 6.45) is 8.05. The van der Waals surface area contributed by atoms with Crippen molar-refractivity contribution in [3.8, 4) is 84.2 Å². The molecule has 4 aromatic heterocycles. The predicted octanol–water partition coefficient (Wildman–Crippen LogP) is 23.4. The number of nitrogens with zero attached hydrogens (tertiary/aromatic N) is 6. The number of aliphatic hydroxyl groups excluding tert-OH is 1. The second-order valence-electron chi connectivity index (χ2n) is 24.1. The molecule has 0 saturated heterocycles. The van der Waals surface area contributed by atoms with Crippen molar-refractivity contribution < 1.29 is 134 Å². The third-order valence-corrected chi connectivity index (χ3v) is 15.5. The molecule has 0 saturated carbocycles. The number of benzene rings is 11. The molecule has 0 aliphatic heterocycles. The monoisotopic (exact) mass is 2390 g/mol. The van der Waals surface area contributed by atoms with Crippen molar-refractivity contribution in [2.24, 2.45) is 0 Å². The Kier molecular flexibility index (Phi) is 42.5. The fraction of sp³-hybridized carbons (Fsp3) is 0.0632. The molecule has 0 spiro atoms. The molecule has 0 amide bonds. The second kappa shape index (κ2) is 50.6. The van der Waals surface area contributed by atoms with Crippen molar-refractivity contribution >= 4 is 28.5 Å². The van der Waals surface area contributed by atoms with Gasteiger partial charge in [0, 0.05) is 198 Å². The number of para-hydroxylation sites is 3. The van der Waals surface area contributed by atoms with Crippen LogP contribution in [0.25, 0.3) is 78.4 Å². The molecule has 0 aliphatic carbocycles. The van der Waals surface area contributed by atoms with Gasteiger partial charge in [0.15, 0.2) is 5.78 Å². The Morgan fingerprint density at radius 2 is 0.858 bits per heavy atom. The van der Waals surface area contributed by atoms with Gasteiger partial charge in [-0.05, 0) is 104 Å². The van der Waals surface area contributed by atoms with Crippen LogP contribution in [0.15, 0.2) is 340 Å². The van der Waals surface area contributed by atoms with E-state index in [1.165, 1.54) is 49.8 Å². The first-order valence-corrected chi connectivity index (χ1v) is 34.2. The van der Waals surface area contributed by atoms with Gasteiger partial charge in [-0.2, -0.15) is 60.7 Å². The number of halogens is 4. The Bertz CT molecular complexity index is 5190. The molecule has 113 heavy (non-hydrogen) atoms. The average Bonchev–Trinajstić information content (AvgIpc) is 0.804. The number of carbonyl (C=O) groups is 1. The van der Waals surface area contributed by atoms with Gasteiger partial charge in [0.05, 0.1) is 5.76 Å². The first kappa shape index (κ1) is 95.0. The van der Waals surface area contributed by atoms with E-state index < -0.39 is 11.6 Å². The number of pyridine rings is 4. The molecule has 2 N–H and O–H groups in total. The summed E-state index contributed by atoms with van der Waals surface area (Å²) in [6.45, 7) is 6.80. The zero-order valence-corrected chi connectivity index (χ0v) is 73.8. The van der Waals surface area contributed by atoms with Gasteiger partial charge < -0.3 is 39.9 Å². The van der Waals surface area contributed by atoms with Crippen LogP contribution in [0.4, 0.5) is 40.3 Å². The number of anilines is 4. The smallest absolute Gasteiger partial charge is 0.155 e. The minimum atomic E-state index is -0.645. The molecule has 584 valence electrons. The molecule has 11 aromatic carbocycles. The summed E-state index contributed by atoms with van der Waals surface area (Å²) in [4.78, 5) is 31.1. The average molecular weight is 2390 g/mol. The molecule has 0 bridgehead atoms. The van der Waals surface area contributed by atoms with E-state index in [9.17, 15) is 27.5 Å². The van der Waals surface area contributed by atoms with Gasteiger partial charge in [-0.15, -0.1) is 125 Å². The Hall–Kier alpha value is -10.4. The Morgan fingerprint density at radius 1 is 0.389 bits per heavy atom. The van der Waals surface area contributed by atoms with Gasteiger partial charge >= 0.3 is 0 Å². The SMILES string of the molecule is CC(=O)C=C(C)O.CN(C)c1ccnc(-c2[c-]cc(F)cc2)c1.Cc1cc[c-]c(-c2ccccn2)c1.Cc1ccnc(-c2[c-]cc(F)cc2F)c1.Fc1c[c-]c(-c2cc(N(c3ccccc3)c3ccccc3)ccn2)cc1.Oc1ccccc1-c1ccccc1.[Ir].[Ir].[Ir].[Ir].[Pt].[c-]1ccccc1-c1[c-]c(-c2[c-]cccc2)ccc1. The molecule has 18 heteroatoms. The molecular weight excluding hydrogens is 2310 g/mol. The molecule has 0 unspecified atom stereocenters. The summed E-state index contributed by atoms with van der Waals surface area (Å²) in [7, 11) is 3.93. The maximum atomic E-state index is 13.4. The Labute approximate surface area is 728 Å². The Balaban J connectivity index is 0.000000283. The number of phenolic OH excluding ortho intramolecular Hbond substituents is 1. The summed E-state index contributed by atoms with van der Waals surface area (Å²) in [5, 5.41) is 17.9. The zero-order valence-electron chi connectivity index (χ0n) is 61.9. The van der Waals surface area contributed by atoms with Gasteiger partial charge in [-0.1, -0.05) is 139 Å². The van der Waals surface area contributed by atoms with E-state index in [1.54, 1.807) is 49.1 Å². The van der Waals surface area contributed by atoms with Gasteiger partial charge in [-0.25, -0.2) is 28.3 Å². The van der Waals surface area contributed by atoms with Crippen molar-refractivity contribution in [2.75, 3.05) is 23.9 Å². The van der Waals surface area contributed by atoms with Crippen LogP contribution in [0.2, 0.25) is 0 Å². The first-order chi connectivity index (χ1) is 52.4. The number of ketones is 1. The number of phenols is 1. The molecule has 15 rings (SSSR count). The van der Waals surface area contributed by atoms with Gasteiger partial charge in [0.2, 0.25) is 0 Å². The number of carbonyl (C=O) groups excluding carboxylic acids is 1. The van der Waals surface area contributed by atoms with E-state index in [0.717, 1.165) is 108 Å². The number of aromatic hydroxyl groups is 1. The number of aromatic nitrogens is 4. The third-order valence-electron chi connectivity index (χ3n) is 15.5. The largest absolute Gasteiger partial charge is 0.512 e. The van der Waals surface area contributed by atoms with Gasteiger partial charge in [0.1, 0.15) is 5.75 Å². The van der Waals surface area contributed by atoms with Crippen LogP contribution in [0, 0.1) is 79.6 Å². The van der Waals surface area contributed by atoms with E-state index >= 15 is 0 Å². The van der Waals surface area contributed by atoms with Gasteiger partial charge in [0.25, 0.3) is 0 Å². The van der Waals surface area contributed by atoms with Crippen molar-refractivity contribution in [2.45, 2.75) is 27.7 Å². The number of rotatable bonds is 12. The maximum Gasteiger partial charge on any atom is 0.155 e. The maximum absolute atomic E-state index is 13.4. The standard InChI is InChI=1S/C23H16FN2.C18H11.C13H12FN2.C12H8F2N.C12H10N.C12H10O.C5H8O2.4Ir.Pt/c24-19-13-11-18(12-14-19)23-17-22(15-16-25-23)26(20-7-3-1-4-8-20)21-9-5-2-6-10-21;1-3-8-15(9-4-1)17-12-7-13-18(14-17)16-10-5-2-6-11-16;1-16(2)12-7-8-15-13(9-12)10-3-5-11(14)6-4-10;1-8-4-5-15-12(6-8)10-3-2-9(13)7-11(10)14;1-10-5-4-6-11(9-10)12-7-2-3-8-13-12;13-12-9-5-4-8-11(12)10-6-2-1-3-7-10;1-4(6)3-5(2)7;;;;;/h1-11,13-17H;1-8,10,12-13H;3,5-9H,1-2H3;2,4-7H,1H3;2-5,7-9H,1H3;1-9,13H;3,6H,1-2H3;;;;;/q-1;-3;3*-1;;;;;;;. The number of hydrogen-bond donors (Lipinski definition) is 2. The molecular formula is C95H75F4Ir4N6O3Pt-7. The van der Waals surface area contributed by atoms with E-state index in [0.29, 0.717) is 11.4 Å². The van der Waals surface area contributed by atoms with Crippen LogP contribution >= 0.6 is 0 Å². The summed E-state index contributed by atoms with van der Waals surface area (Å²) in [5.74, 6) is -1.61. The van der Waals surface area contributed by atoms with E-state index in [2.05, 4.69) is 117 Å². The second-order valence-corrected chi connectivity index (χ2v) is 24.1. The van der Waals surface area contributed by atoms with Crippen molar-refractivity contribution in [1.82, 2.24) is 19.9 Å². The third kappa shape index (κ3) is 31.3. The molecule has 4 radical (unpaired) electrons. The minimum Gasteiger partial charge on any atom is -0.512 e. The molecule has 9 nitrogen and oxygen atoms in total. The van der Waals surface area contributed by atoms with Gasteiger partial charge in [-0.3, -0.25) is 22.4 Å². The fourth-order valence-corrected chi connectivity index (χ4v) is 10.4. The molecule has 0 aliphatic rings. The van der Waals surface area contributed by atoms with E-state index in [4.69, 9.17) is 5.11 Å². The van der Waals surface area contributed by atoms with Crippen molar-refractivity contribution in [1.29, 1.82) is 0 Å². The normalized spacial score (nSPS) is 9.84. The molecule has 0 atom stereocenters. The fourth-order valence-electron chi connectivity index (χ4n) is 10.4. The van der Waals surface area contributed by atoms with E-state index in [-0.39, 0.29) is 130 Å². The molecule has 4 heterocycles. The zero-order chi connectivity index (χ0) is 76.4. The number of allylic oxidation sites excluding steroid dienone is 2.